The van der Waals surface area contributed by atoms with Gasteiger partial charge in [0.2, 0.25) is 0 Å². The molecule has 0 aliphatic carbocycles. The van der Waals surface area contributed by atoms with Gasteiger partial charge in [-0.2, -0.15) is 0 Å². The highest BCUT2D eigenvalue weighted by Gasteiger charge is 2.21. The average Bonchev–Trinajstić information content (AvgIpc) is 2.83. The van der Waals surface area contributed by atoms with Crippen LogP contribution >= 0.6 is 11.3 Å². The van der Waals surface area contributed by atoms with E-state index in [2.05, 4.69) is 9.88 Å². The maximum atomic E-state index is 12.4. The number of carbonyl (C=O) groups is 1. The van der Waals surface area contributed by atoms with Crippen LogP contribution in [0.5, 0.6) is 0 Å². The minimum absolute atomic E-state index is 0.0227. The monoisotopic (exact) mass is 298 g/mol. The van der Waals surface area contributed by atoms with E-state index in [-0.39, 0.29) is 5.91 Å². The number of hydrogen-bond acceptors (Lipinski definition) is 6. The van der Waals surface area contributed by atoms with Gasteiger partial charge in [0, 0.05) is 45.2 Å². The van der Waals surface area contributed by atoms with Crippen LogP contribution in [0.15, 0.2) is 5.38 Å². The zero-order valence-electron chi connectivity index (χ0n) is 11.9. The fourth-order valence-corrected chi connectivity index (χ4v) is 2.93. The fourth-order valence-electron chi connectivity index (χ4n) is 2.28. The van der Waals surface area contributed by atoms with E-state index in [4.69, 9.17) is 10.5 Å². The molecule has 0 spiro atoms. The Hall–Kier alpha value is -1.02. The van der Waals surface area contributed by atoms with Gasteiger partial charge in [-0.05, 0) is 13.0 Å². The first kappa shape index (κ1) is 15.4. The Balaban J connectivity index is 1.90. The molecular weight excluding hydrogens is 276 g/mol. The predicted molar refractivity (Wildman–Crippen MR) is 78.8 cm³/mol. The molecule has 1 saturated heterocycles. The van der Waals surface area contributed by atoms with Crippen molar-refractivity contribution < 1.29 is 9.53 Å². The summed E-state index contributed by atoms with van der Waals surface area (Å²) in [6.45, 7) is 5.49. The van der Waals surface area contributed by atoms with Crippen LogP contribution in [-0.2, 0) is 11.3 Å². The van der Waals surface area contributed by atoms with Gasteiger partial charge in [0.1, 0.15) is 10.7 Å². The summed E-state index contributed by atoms with van der Waals surface area (Å²) < 4.78 is 5.10. The first-order valence-electron chi connectivity index (χ1n) is 6.89. The lowest BCUT2D eigenvalue weighted by atomic mass is 10.3. The smallest absolute Gasteiger partial charge is 0.273 e. The molecule has 1 aromatic rings. The molecule has 0 saturated carbocycles. The second-order valence-electron chi connectivity index (χ2n) is 4.81. The molecule has 20 heavy (non-hydrogen) atoms. The highest BCUT2D eigenvalue weighted by atomic mass is 32.1. The van der Waals surface area contributed by atoms with Crippen molar-refractivity contribution in [1.82, 2.24) is 14.8 Å². The van der Waals surface area contributed by atoms with Crippen LogP contribution in [0, 0.1) is 0 Å². The van der Waals surface area contributed by atoms with Crippen LogP contribution in [0.1, 0.15) is 21.9 Å². The molecule has 1 fully saturated rings. The van der Waals surface area contributed by atoms with Crippen molar-refractivity contribution in [2.75, 3.05) is 46.4 Å². The van der Waals surface area contributed by atoms with Crippen molar-refractivity contribution in [1.29, 1.82) is 0 Å². The molecule has 1 aliphatic rings. The van der Waals surface area contributed by atoms with Crippen LogP contribution in [0.2, 0.25) is 0 Å². The lowest BCUT2D eigenvalue weighted by molar-refractivity contribution is 0.0754. The van der Waals surface area contributed by atoms with Crippen molar-refractivity contribution in [2.24, 2.45) is 5.73 Å². The lowest BCUT2D eigenvalue weighted by Gasteiger charge is -2.21. The SMILES string of the molecule is COCCN1CCCN(C(=O)c2csc(CN)n2)CC1. The number of aromatic nitrogens is 1. The van der Waals surface area contributed by atoms with E-state index < -0.39 is 0 Å². The molecule has 7 heteroatoms. The molecule has 1 aliphatic heterocycles. The largest absolute Gasteiger partial charge is 0.383 e. The van der Waals surface area contributed by atoms with E-state index in [1.807, 2.05) is 4.90 Å². The van der Waals surface area contributed by atoms with Gasteiger partial charge in [-0.15, -0.1) is 11.3 Å². The normalized spacial score (nSPS) is 17.2. The van der Waals surface area contributed by atoms with E-state index in [1.54, 1.807) is 12.5 Å². The van der Waals surface area contributed by atoms with Crippen molar-refractivity contribution in [2.45, 2.75) is 13.0 Å². The summed E-state index contributed by atoms with van der Waals surface area (Å²) in [5.41, 5.74) is 6.06. The Bertz CT molecular complexity index is 438. The zero-order chi connectivity index (χ0) is 14.4. The highest BCUT2D eigenvalue weighted by molar-refractivity contribution is 7.09. The average molecular weight is 298 g/mol. The molecule has 0 atom stereocenters. The van der Waals surface area contributed by atoms with E-state index in [0.717, 1.165) is 50.8 Å². The Kier molecular flexibility index (Phi) is 5.90. The summed E-state index contributed by atoms with van der Waals surface area (Å²) >= 11 is 1.45. The van der Waals surface area contributed by atoms with Gasteiger partial charge in [-0.25, -0.2) is 4.98 Å². The van der Waals surface area contributed by atoms with Crippen molar-refractivity contribution in [3.63, 3.8) is 0 Å². The third kappa shape index (κ3) is 3.99. The minimum atomic E-state index is 0.0227. The van der Waals surface area contributed by atoms with Gasteiger partial charge >= 0.3 is 0 Å². The van der Waals surface area contributed by atoms with Gasteiger partial charge in [0.25, 0.3) is 5.91 Å². The fraction of sp³-hybridized carbons (Fsp3) is 0.692. The van der Waals surface area contributed by atoms with Crippen molar-refractivity contribution in [3.05, 3.63) is 16.1 Å². The summed E-state index contributed by atoms with van der Waals surface area (Å²) in [6.07, 6.45) is 0.989. The third-order valence-corrected chi connectivity index (χ3v) is 4.30. The molecule has 0 bridgehead atoms. The summed E-state index contributed by atoms with van der Waals surface area (Å²) in [5.74, 6) is 0.0227. The maximum Gasteiger partial charge on any atom is 0.273 e. The van der Waals surface area contributed by atoms with E-state index in [9.17, 15) is 4.79 Å². The maximum absolute atomic E-state index is 12.4. The molecule has 2 rings (SSSR count). The Morgan fingerprint density at radius 2 is 2.30 bits per heavy atom. The standard InChI is InChI=1S/C13H22N4O2S/c1-19-8-7-16-3-2-4-17(6-5-16)13(18)11-10-20-12(9-14)15-11/h10H,2-9,14H2,1H3. The van der Waals surface area contributed by atoms with Crippen LogP contribution in [0.4, 0.5) is 0 Å². The number of thiazole rings is 1. The van der Waals surface area contributed by atoms with Crippen LogP contribution in [0.3, 0.4) is 0 Å². The number of ether oxygens (including phenoxy) is 1. The summed E-state index contributed by atoms with van der Waals surface area (Å²) in [7, 11) is 1.71. The number of methoxy groups -OCH3 is 1. The molecule has 1 amide bonds. The summed E-state index contributed by atoms with van der Waals surface area (Å²) in [4.78, 5) is 20.9. The van der Waals surface area contributed by atoms with Crippen molar-refractivity contribution >= 4 is 17.2 Å². The number of rotatable bonds is 5. The highest BCUT2D eigenvalue weighted by Crippen LogP contribution is 2.13. The quantitative estimate of drug-likeness (QED) is 0.852. The van der Waals surface area contributed by atoms with Gasteiger partial charge in [0.15, 0.2) is 0 Å². The Labute approximate surface area is 123 Å². The molecular formula is C13H22N4O2S. The van der Waals surface area contributed by atoms with Gasteiger partial charge in [-0.1, -0.05) is 0 Å². The zero-order valence-corrected chi connectivity index (χ0v) is 12.7. The number of carbonyl (C=O) groups excluding carboxylic acids is 1. The van der Waals surface area contributed by atoms with E-state index in [0.29, 0.717) is 12.2 Å². The second-order valence-corrected chi connectivity index (χ2v) is 5.75. The first-order chi connectivity index (χ1) is 9.74. The van der Waals surface area contributed by atoms with Crippen LogP contribution in [0.25, 0.3) is 0 Å². The van der Waals surface area contributed by atoms with Gasteiger partial charge in [0.05, 0.1) is 6.61 Å². The van der Waals surface area contributed by atoms with Crippen molar-refractivity contribution in [3.8, 4) is 0 Å². The molecule has 2 N–H and O–H groups in total. The topological polar surface area (TPSA) is 71.7 Å². The molecule has 6 nitrogen and oxygen atoms in total. The van der Waals surface area contributed by atoms with Crippen LogP contribution < -0.4 is 5.73 Å². The Morgan fingerprint density at radius 3 is 3.00 bits per heavy atom. The lowest BCUT2D eigenvalue weighted by Crippen LogP contribution is -2.36. The number of nitrogens with zero attached hydrogens (tertiary/aromatic N) is 3. The van der Waals surface area contributed by atoms with Crippen LogP contribution in [-0.4, -0.2) is 67.1 Å². The molecule has 0 unspecified atom stereocenters. The first-order valence-corrected chi connectivity index (χ1v) is 7.77. The van der Waals surface area contributed by atoms with Gasteiger partial charge < -0.3 is 15.4 Å². The minimum Gasteiger partial charge on any atom is -0.383 e. The van der Waals surface area contributed by atoms with Gasteiger partial charge in [-0.3, -0.25) is 9.69 Å². The second kappa shape index (κ2) is 7.68. The summed E-state index contributed by atoms with van der Waals surface area (Å²) in [5, 5.41) is 2.61. The number of nitrogens with two attached hydrogens (primary N) is 1. The van der Waals surface area contributed by atoms with E-state index in [1.165, 1.54) is 11.3 Å². The molecule has 0 aromatic carbocycles. The third-order valence-electron chi connectivity index (χ3n) is 3.43. The molecule has 2 heterocycles. The molecule has 112 valence electrons. The number of amides is 1. The molecule has 1 aromatic heterocycles. The molecule has 0 radical (unpaired) electrons. The Morgan fingerprint density at radius 1 is 1.45 bits per heavy atom. The predicted octanol–water partition coefficient (Wildman–Crippen LogP) is 0.396. The number of hydrogen-bond donors (Lipinski definition) is 1. The summed E-state index contributed by atoms with van der Waals surface area (Å²) in [6, 6.07) is 0. The van der Waals surface area contributed by atoms with E-state index >= 15 is 0 Å².